The highest BCUT2D eigenvalue weighted by molar-refractivity contribution is 5.84. The third-order valence-electron chi connectivity index (χ3n) is 4.27. The van der Waals surface area contributed by atoms with Crippen LogP contribution in [0, 0.1) is 5.82 Å². The summed E-state index contributed by atoms with van der Waals surface area (Å²) in [5, 5.41) is 10.5. The van der Waals surface area contributed by atoms with Gasteiger partial charge in [-0.05, 0) is 56.3 Å². The van der Waals surface area contributed by atoms with Crippen molar-refractivity contribution in [1.82, 2.24) is 20.4 Å². The monoisotopic (exact) mass is 332 g/mol. The normalized spacial score (nSPS) is 16.5. The van der Waals surface area contributed by atoms with Crippen LogP contribution < -0.4 is 15.4 Å². The molecule has 0 bridgehead atoms. The summed E-state index contributed by atoms with van der Waals surface area (Å²) >= 11 is 0. The van der Waals surface area contributed by atoms with Crippen molar-refractivity contribution in [3.05, 3.63) is 48.5 Å². The lowest BCUT2D eigenvalue weighted by molar-refractivity contribution is -0.132. The van der Waals surface area contributed by atoms with E-state index < -0.39 is 5.54 Å². The Morgan fingerprint density at radius 3 is 2.75 bits per heavy atom. The molecule has 1 aromatic heterocycles. The fourth-order valence-corrected chi connectivity index (χ4v) is 2.95. The topological polar surface area (TPSA) is 68.2 Å². The molecule has 6 nitrogen and oxygen atoms in total. The molecule has 0 unspecified atom stereocenters. The molecule has 0 aliphatic carbocycles. The molecular weight excluding hydrogens is 311 g/mol. The molecule has 0 saturated carbocycles. The fourth-order valence-electron chi connectivity index (χ4n) is 2.95. The summed E-state index contributed by atoms with van der Waals surface area (Å²) in [5.74, 6) is 0.229. The van der Waals surface area contributed by atoms with Gasteiger partial charge in [0.25, 0.3) is 0 Å². The summed E-state index contributed by atoms with van der Waals surface area (Å²) in [5.41, 5.74) is -0.648. The second-order valence-corrected chi connectivity index (χ2v) is 5.79. The molecule has 24 heavy (non-hydrogen) atoms. The van der Waals surface area contributed by atoms with Crippen molar-refractivity contribution in [1.29, 1.82) is 0 Å². The van der Waals surface area contributed by atoms with Crippen LogP contribution in [0.15, 0.2) is 42.7 Å². The molecule has 0 atom stereocenters. The Kier molecular flexibility index (Phi) is 5.10. The summed E-state index contributed by atoms with van der Waals surface area (Å²) in [7, 11) is 0. The zero-order valence-corrected chi connectivity index (χ0v) is 13.4. The number of hydrogen-bond acceptors (Lipinski definition) is 4. The molecule has 1 amide bonds. The van der Waals surface area contributed by atoms with Crippen molar-refractivity contribution in [2.24, 2.45) is 0 Å². The van der Waals surface area contributed by atoms with Crippen molar-refractivity contribution >= 4 is 5.91 Å². The van der Waals surface area contributed by atoms with Crippen LogP contribution in [0.3, 0.4) is 0 Å². The molecule has 1 aliphatic rings. The number of ether oxygens (including phenoxy) is 1. The van der Waals surface area contributed by atoms with E-state index >= 15 is 0 Å². The maximum atomic E-state index is 12.8. The van der Waals surface area contributed by atoms with E-state index in [2.05, 4.69) is 15.7 Å². The molecule has 128 valence electrons. The first-order valence-electron chi connectivity index (χ1n) is 8.08. The van der Waals surface area contributed by atoms with Crippen molar-refractivity contribution < 1.29 is 13.9 Å². The van der Waals surface area contributed by atoms with Gasteiger partial charge in [-0.2, -0.15) is 5.10 Å². The number of halogens is 1. The van der Waals surface area contributed by atoms with Crippen LogP contribution in [-0.4, -0.2) is 41.9 Å². The van der Waals surface area contributed by atoms with Gasteiger partial charge < -0.3 is 15.4 Å². The van der Waals surface area contributed by atoms with Gasteiger partial charge in [0.15, 0.2) is 0 Å². The van der Waals surface area contributed by atoms with E-state index in [9.17, 15) is 9.18 Å². The molecule has 1 aliphatic heterocycles. The van der Waals surface area contributed by atoms with E-state index in [0.717, 1.165) is 13.1 Å². The van der Waals surface area contributed by atoms with Crippen LogP contribution in [-0.2, 0) is 10.3 Å². The lowest BCUT2D eigenvalue weighted by Gasteiger charge is -2.36. The summed E-state index contributed by atoms with van der Waals surface area (Å²) in [6.45, 7) is 2.26. The molecule has 0 radical (unpaired) electrons. The number of hydrogen-bond donors (Lipinski definition) is 2. The van der Waals surface area contributed by atoms with Crippen molar-refractivity contribution in [3.8, 4) is 5.75 Å². The summed E-state index contributed by atoms with van der Waals surface area (Å²) in [4.78, 5) is 12.8. The van der Waals surface area contributed by atoms with Gasteiger partial charge in [-0.25, -0.2) is 4.39 Å². The van der Waals surface area contributed by atoms with E-state index in [4.69, 9.17) is 4.74 Å². The SMILES string of the molecule is O=C(NCCOc1ccc(F)cc1)C1(n2cccn2)CCNCC1. The standard InChI is InChI=1S/C17H21FN4O2/c18-14-2-4-15(5-3-14)24-13-11-20-16(23)17(6-9-19-10-7-17)22-12-1-8-21-22/h1-5,8,12,19H,6-7,9-11,13H2,(H,20,23). The summed E-state index contributed by atoms with van der Waals surface area (Å²) in [6, 6.07) is 7.64. The van der Waals surface area contributed by atoms with E-state index in [1.807, 2.05) is 12.3 Å². The number of carbonyl (C=O) groups is 1. The number of nitrogens with one attached hydrogen (secondary N) is 2. The molecular formula is C17H21FN4O2. The zero-order chi connectivity index (χ0) is 16.8. The molecule has 1 aromatic carbocycles. The number of benzene rings is 1. The number of piperidine rings is 1. The van der Waals surface area contributed by atoms with Crippen LogP contribution >= 0.6 is 0 Å². The summed E-state index contributed by atoms with van der Waals surface area (Å²) < 4.78 is 20.1. The highest BCUT2D eigenvalue weighted by atomic mass is 19.1. The summed E-state index contributed by atoms with van der Waals surface area (Å²) in [6.07, 6.45) is 4.91. The highest BCUT2D eigenvalue weighted by Gasteiger charge is 2.41. The van der Waals surface area contributed by atoms with Gasteiger partial charge in [0, 0.05) is 12.4 Å². The molecule has 3 rings (SSSR count). The Morgan fingerprint density at radius 2 is 2.08 bits per heavy atom. The number of amides is 1. The highest BCUT2D eigenvalue weighted by Crippen LogP contribution is 2.27. The Labute approximate surface area is 140 Å². The van der Waals surface area contributed by atoms with Crippen LogP contribution in [0.4, 0.5) is 4.39 Å². The Morgan fingerprint density at radius 1 is 1.33 bits per heavy atom. The number of rotatable bonds is 6. The third-order valence-corrected chi connectivity index (χ3v) is 4.27. The maximum Gasteiger partial charge on any atom is 0.248 e. The minimum Gasteiger partial charge on any atom is -0.492 e. The van der Waals surface area contributed by atoms with E-state index in [1.165, 1.54) is 12.1 Å². The van der Waals surface area contributed by atoms with Crippen molar-refractivity contribution in [2.75, 3.05) is 26.2 Å². The molecule has 1 fully saturated rings. The van der Waals surface area contributed by atoms with Gasteiger partial charge in [-0.1, -0.05) is 0 Å². The van der Waals surface area contributed by atoms with Gasteiger partial charge in [0.05, 0.1) is 6.54 Å². The smallest absolute Gasteiger partial charge is 0.248 e. The molecule has 7 heteroatoms. The quantitative estimate of drug-likeness (QED) is 0.783. The Bertz CT molecular complexity index is 652. The van der Waals surface area contributed by atoms with Gasteiger partial charge in [-0.3, -0.25) is 9.48 Å². The van der Waals surface area contributed by atoms with Gasteiger partial charge in [0.2, 0.25) is 5.91 Å². The predicted octanol–water partition coefficient (Wildman–Crippen LogP) is 1.30. The lowest BCUT2D eigenvalue weighted by Crippen LogP contribution is -2.55. The molecule has 0 spiro atoms. The second-order valence-electron chi connectivity index (χ2n) is 5.79. The minimum atomic E-state index is -0.648. The van der Waals surface area contributed by atoms with E-state index in [-0.39, 0.29) is 11.7 Å². The lowest BCUT2D eigenvalue weighted by atomic mass is 9.87. The zero-order valence-electron chi connectivity index (χ0n) is 13.4. The first-order valence-corrected chi connectivity index (χ1v) is 8.08. The molecule has 2 aromatic rings. The average Bonchev–Trinajstić information content (AvgIpc) is 3.16. The molecule has 2 N–H and O–H groups in total. The molecule has 2 heterocycles. The van der Waals surface area contributed by atoms with Crippen molar-refractivity contribution in [3.63, 3.8) is 0 Å². The van der Waals surface area contributed by atoms with Gasteiger partial charge >= 0.3 is 0 Å². The largest absolute Gasteiger partial charge is 0.492 e. The Balaban J connectivity index is 1.55. The van der Waals surface area contributed by atoms with Crippen LogP contribution in [0.1, 0.15) is 12.8 Å². The first-order chi connectivity index (χ1) is 11.7. The molecule has 1 saturated heterocycles. The van der Waals surface area contributed by atoms with Crippen LogP contribution in [0.25, 0.3) is 0 Å². The van der Waals surface area contributed by atoms with E-state index in [0.29, 0.717) is 31.7 Å². The van der Waals surface area contributed by atoms with Gasteiger partial charge in [-0.15, -0.1) is 0 Å². The van der Waals surface area contributed by atoms with Crippen molar-refractivity contribution in [2.45, 2.75) is 18.4 Å². The second kappa shape index (κ2) is 7.44. The van der Waals surface area contributed by atoms with Crippen LogP contribution in [0.2, 0.25) is 0 Å². The Hall–Kier alpha value is -2.41. The first kappa shape index (κ1) is 16.4. The van der Waals surface area contributed by atoms with Crippen LogP contribution in [0.5, 0.6) is 5.75 Å². The third kappa shape index (κ3) is 3.56. The number of carbonyl (C=O) groups excluding carboxylic acids is 1. The van der Waals surface area contributed by atoms with Gasteiger partial charge in [0.1, 0.15) is 23.7 Å². The maximum absolute atomic E-state index is 12.8. The van der Waals surface area contributed by atoms with E-state index in [1.54, 1.807) is 23.0 Å². The minimum absolute atomic E-state index is 0.0459. The predicted molar refractivity (Wildman–Crippen MR) is 87.2 cm³/mol. The number of nitrogens with zero attached hydrogens (tertiary/aromatic N) is 2. The average molecular weight is 332 g/mol. The fraction of sp³-hybridized carbons (Fsp3) is 0.412. The number of aromatic nitrogens is 2.